The molecule has 0 saturated heterocycles. The van der Waals surface area contributed by atoms with E-state index < -0.39 is 18.2 Å². The number of carboxylic acids is 1. The van der Waals surface area contributed by atoms with Crippen LogP contribution in [0.1, 0.15) is 42.7 Å². The molecule has 0 spiro atoms. The molecule has 0 bridgehead atoms. The number of amides is 2. The molecule has 0 radical (unpaired) electrons. The number of ether oxygens (including phenoxy) is 1. The molecule has 33 heavy (non-hydrogen) atoms. The molecule has 2 amide bonds. The maximum absolute atomic E-state index is 12.5. The second kappa shape index (κ2) is 10.0. The summed E-state index contributed by atoms with van der Waals surface area (Å²) in [5.74, 6) is -2.06. The van der Waals surface area contributed by atoms with Crippen LogP contribution in [0.3, 0.4) is 0 Å². The highest BCUT2D eigenvalue weighted by Crippen LogP contribution is 2.44. The fraction of sp³-hybridized carbons (Fsp3) is 0.400. The Morgan fingerprint density at radius 3 is 2.27 bits per heavy atom. The van der Waals surface area contributed by atoms with Crippen LogP contribution in [0.15, 0.2) is 48.5 Å². The summed E-state index contributed by atoms with van der Waals surface area (Å²) < 4.78 is 5.59. The number of carbonyl (C=O) groups excluding carboxylic acids is 2. The minimum Gasteiger partial charge on any atom is -0.479 e. The van der Waals surface area contributed by atoms with Gasteiger partial charge in [-0.15, -0.1) is 0 Å². The van der Waals surface area contributed by atoms with Crippen molar-refractivity contribution in [2.75, 3.05) is 13.2 Å². The van der Waals surface area contributed by atoms with Gasteiger partial charge in [-0.1, -0.05) is 55.0 Å². The van der Waals surface area contributed by atoms with Gasteiger partial charge < -0.3 is 25.6 Å². The number of fused-ring (bicyclic) bond motifs is 3. The third kappa shape index (κ3) is 5.17. The quantitative estimate of drug-likeness (QED) is 0.512. The summed E-state index contributed by atoms with van der Waals surface area (Å²) in [5.41, 5.74) is 4.61. The summed E-state index contributed by atoms with van der Waals surface area (Å²) in [7, 11) is 0. The van der Waals surface area contributed by atoms with Crippen LogP contribution in [0.2, 0.25) is 0 Å². The van der Waals surface area contributed by atoms with E-state index in [-0.39, 0.29) is 36.9 Å². The number of hydrogen-bond acceptors (Lipinski definition) is 5. The first-order valence-corrected chi connectivity index (χ1v) is 11.2. The molecule has 0 heterocycles. The smallest absolute Gasteiger partial charge is 0.407 e. The molecule has 4 N–H and O–H groups in total. The normalized spacial score (nSPS) is 20.3. The molecule has 174 valence electrons. The SMILES string of the molecule is O=C(N[C@@H]1CCC[C@@H](C(=O)NC[C@H](O)C(=O)O)C1)OCC1c2ccccc2-c2ccccc21. The van der Waals surface area contributed by atoms with E-state index in [1.165, 1.54) is 0 Å². The highest BCUT2D eigenvalue weighted by Gasteiger charge is 2.31. The minimum absolute atomic E-state index is 0.0197. The van der Waals surface area contributed by atoms with Crippen LogP contribution in [0.5, 0.6) is 0 Å². The van der Waals surface area contributed by atoms with Gasteiger partial charge >= 0.3 is 12.1 Å². The Kier molecular flexibility index (Phi) is 6.93. The third-order valence-electron chi connectivity index (χ3n) is 6.47. The summed E-state index contributed by atoms with van der Waals surface area (Å²) in [6, 6.07) is 16.1. The van der Waals surface area contributed by atoms with Crippen molar-refractivity contribution >= 4 is 18.0 Å². The Morgan fingerprint density at radius 1 is 1.00 bits per heavy atom. The largest absolute Gasteiger partial charge is 0.479 e. The molecule has 3 atom stereocenters. The van der Waals surface area contributed by atoms with Crippen molar-refractivity contribution in [1.29, 1.82) is 0 Å². The van der Waals surface area contributed by atoms with Crippen molar-refractivity contribution in [3.05, 3.63) is 59.7 Å². The van der Waals surface area contributed by atoms with Crippen LogP contribution in [-0.2, 0) is 14.3 Å². The fourth-order valence-corrected chi connectivity index (χ4v) is 4.79. The second-order valence-corrected chi connectivity index (χ2v) is 8.63. The van der Waals surface area contributed by atoms with Crippen LogP contribution >= 0.6 is 0 Å². The molecule has 2 aliphatic rings. The van der Waals surface area contributed by atoms with Crippen LogP contribution < -0.4 is 10.6 Å². The van der Waals surface area contributed by atoms with E-state index in [2.05, 4.69) is 34.9 Å². The lowest BCUT2D eigenvalue weighted by Gasteiger charge is -2.29. The fourth-order valence-electron chi connectivity index (χ4n) is 4.79. The van der Waals surface area contributed by atoms with Gasteiger partial charge in [-0.3, -0.25) is 4.79 Å². The Bertz CT molecular complexity index is 994. The number of alkyl carbamates (subject to hydrolysis) is 1. The lowest BCUT2D eigenvalue weighted by molar-refractivity contribution is -0.146. The van der Waals surface area contributed by atoms with E-state index in [1.807, 2.05) is 24.3 Å². The van der Waals surface area contributed by atoms with Crippen molar-refractivity contribution in [1.82, 2.24) is 10.6 Å². The van der Waals surface area contributed by atoms with Crippen LogP contribution in [-0.4, -0.2) is 53.5 Å². The maximum atomic E-state index is 12.5. The number of nitrogens with one attached hydrogen (secondary N) is 2. The number of hydrogen-bond donors (Lipinski definition) is 4. The Balaban J connectivity index is 1.30. The zero-order chi connectivity index (χ0) is 23.4. The lowest BCUT2D eigenvalue weighted by Crippen LogP contribution is -2.44. The maximum Gasteiger partial charge on any atom is 0.407 e. The summed E-state index contributed by atoms with van der Waals surface area (Å²) in [5, 5.41) is 23.4. The molecule has 2 aromatic rings. The molecule has 2 aromatic carbocycles. The van der Waals surface area contributed by atoms with Gasteiger partial charge in [0.15, 0.2) is 6.10 Å². The highest BCUT2D eigenvalue weighted by molar-refractivity contribution is 5.81. The van der Waals surface area contributed by atoms with E-state index in [9.17, 15) is 19.5 Å². The van der Waals surface area contributed by atoms with E-state index in [0.29, 0.717) is 12.8 Å². The van der Waals surface area contributed by atoms with Crippen LogP contribution in [0.25, 0.3) is 11.1 Å². The van der Waals surface area contributed by atoms with Gasteiger partial charge in [-0.25, -0.2) is 9.59 Å². The average Bonchev–Trinajstić information content (AvgIpc) is 3.15. The van der Waals surface area contributed by atoms with Gasteiger partial charge in [0.1, 0.15) is 6.61 Å². The van der Waals surface area contributed by atoms with Crippen LogP contribution in [0, 0.1) is 5.92 Å². The van der Waals surface area contributed by atoms with Crippen LogP contribution in [0.4, 0.5) is 4.79 Å². The van der Waals surface area contributed by atoms with Gasteiger partial charge in [0, 0.05) is 17.9 Å². The van der Waals surface area contributed by atoms with E-state index in [1.54, 1.807) is 0 Å². The van der Waals surface area contributed by atoms with Crippen molar-refractivity contribution in [2.24, 2.45) is 5.92 Å². The zero-order valence-corrected chi connectivity index (χ0v) is 18.2. The van der Waals surface area contributed by atoms with Crippen molar-refractivity contribution < 1.29 is 29.3 Å². The molecule has 0 aromatic heterocycles. The van der Waals surface area contributed by atoms with Gasteiger partial charge in [-0.2, -0.15) is 0 Å². The summed E-state index contributed by atoms with van der Waals surface area (Å²) in [4.78, 5) is 35.5. The molecule has 1 saturated carbocycles. The summed E-state index contributed by atoms with van der Waals surface area (Å²) in [6.45, 7) is -0.112. The molecule has 8 heteroatoms. The lowest BCUT2D eigenvalue weighted by atomic mass is 9.85. The van der Waals surface area contributed by atoms with Crippen molar-refractivity contribution in [3.63, 3.8) is 0 Å². The topological polar surface area (TPSA) is 125 Å². The van der Waals surface area contributed by atoms with Gasteiger partial charge in [0.25, 0.3) is 0 Å². The Morgan fingerprint density at radius 2 is 1.64 bits per heavy atom. The average molecular weight is 453 g/mol. The first kappa shape index (κ1) is 22.8. The first-order valence-electron chi connectivity index (χ1n) is 11.2. The molecule has 0 unspecified atom stereocenters. The van der Waals surface area contributed by atoms with Gasteiger partial charge in [0.05, 0.1) is 6.54 Å². The monoisotopic (exact) mass is 452 g/mol. The molecule has 8 nitrogen and oxygen atoms in total. The van der Waals surface area contributed by atoms with E-state index in [0.717, 1.165) is 35.1 Å². The molecule has 2 aliphatic carbocycles. The number of aliphatic hydroxyl groups is 1. The zero-order valence-electron chi connectivity index (χ0n) is 18.2. The predicted molar refractivity (Wildman–Crippen MR) is 121 cm³/mol. The number of carbonyl (C=O) groups is 3. The molecule has 4 rings (SSSR count). The third-order valence-corrected chi connectivity index (χ3v) is 6.47. The van der Waals surface area contributed by atoms with Crippen molar-refractivity contribution in [2.45, 2.75) is 43.7 Å². The van der Waals surface area contributed by atoms with Gasteiger partial charge in [-0.05, 0) is 41.5 Å². The number of rotatable bonds is 7. The van der Waals surface area contributed by atoms with E-state index >= 15 is 0 Å². The highest BCUT2D eigenvalue weighted by atomic mass is 16.5. The number of aliphatic hydroxyl groups excluding tert-OH is 1. The minimum atomic E-state index is -1.63. The number of carboxylic acid groups (broad SMARTS) is 1. The predicted octanol–water partition coefficient (Wildman–Crippen LogP) is 2.65. The van der Waals surface area contributed by atoms with Crippen molar-refractivity contribution in [3.8, 4) is 11.1 Å². The second-order valence-electron chi connectivity index (χ2n) is 8.63. The molecule has 0 aliphatic heterocycles. The number of benzene rings is 2. The Hall–Kier alpha value is -3.39. The summed E-state index contributed by atoms with van der Waals surface area (Å²) in [6.07, 6.45) is 0.452. The molecular formula is C25H28N2O6. The van der Waals surface area contributed by atoms with Gasteiger partial charge in [0.2, 0.25) is 5.91 Å². The summed E-state index contributed by atoms with van der Waals surface area (Å²) >= 11 is 0. The standard InChI is InChI=1S/C25H28N2O6/c28-22(24(30)31)13-26-23(29)15-6-5-7-16(12-15)27-25(32)33-14-21-19-10-3-1-8-17(19)18-9-2-4-11-20(18)21/h1-4,8-11,15-16,21-22,28H,5-7,12-14H2,(H,26,29)(H,27,32)(H,30,31)/t15-,16-,22+/m1/s1. The number of aliphatic carboxylic acids is 1. The molecular weight excluding hydrogens is 424 g/mol. The molecule has 1 fully saturated rings. The Labute approximate surface area is 192 Å². The first-order chi connectivity index (χ1) is 15.9. The van der Waals surface area contributed by atoms with E-state index in [4.69, 9.17) is 9.84 Å².